The summed E-state index contributed by atoms with van der Waals surface area (Å²) in [6, 6.07) is 12.4. The van der Waals surface area contributed by atoms with E-state index >= 15 is 0 Å². The molecular weight excluding hydrogens is 388 g/mol. The molecule has 1 amide bonds. The Bertz CT molecular complexity index is 1060. The first-order valence-electron chi connectivity index (χ1n) is 8.29. The fraction of sp³-hybridized carbons (Fsp3) is 0.100. The van der Waals surface area contributed by atoms with Crippen molar-refractivity contribution in [2.24, 2.45) is 0 Å². The third kappa shape index (κ3) is 3.46. The molecule has 4 rings (SSSR count). The number of benzene rings is 2. The Balaban J connectivity index is 1.43. The van der Waals surface area contributed by atoms with Gasteiger partial charge >= 0.3 is 5.97 Å². The van der Waals surface area contributed by atoms with E-state index in [4.69, 9.17) is 9.47 Å². The molecule has 0 atom stereocenters. The topological polar surface area (TPSA) is 64.6 Å². The quantitative estimate of drug-likeness (QED) is 0.659. The predicted molar refractivity (Wildman–Crippen MR) is 99.4 cm³/mol. The smallest absolute Gasteiger partial charge is 0.348 e. The van der Waals surface area contributed by atoms with Crippen molar-refractivity contribution in [1.29, 1.82) is 0 Å². The monoisotopic (exact) mass is 401 g/mol. The lowest BCUT2D eigenvalue weighted by molar-refractivity contribution is -0.119. The summed E-state index contributed by atoms with van der Waals surface area (Å²) >= 11 is 1.24. The van der Waals surface area contributed by atoms with Crippen molar-refractivity contribution < 1.29 is 27.8 Å². The van der Waals surface area contributed by atoms with Gasteiger partial charge in [0.05, 0.1) is 0 Å². The lowest BCUT2D eigenvalue weighted by Gasteiger charge is -2.16. The Morgan fingerprint density at radius 3 is 2.64 bits per heavy atom. The van der Waals surface area contributed by atoms with Crippen LogP contribution in [0.2, 0.25) is 0 Å². The highest BCUT2D eigenvalue weighted by molar-refractivity contribution is 7.17. The molecule has 1 N–H and O–H groups in total. The van der Waals surface area contributed by atoms with Crippen molar-refractivity contribution in [2.45, 2.75) is 6.61 Å². The highest BCUT2D eigenvalue weighted by Crippen LogP contribution is 2.42. The number of amides is 1. The minimum Gasteiger partial charge on any atom is -0.488 e. The summed E-state index contributed by atoms with van der Waals surface area (Å²) in [4.78, 5) is 25.4. The zero-order valence-electron chi connectivity index (χ0n) is 14.3. The molecule has 2 aromatic carbocycles. The van der Waals surface area contributed by atoms with Crippen molar-refractivity contribution in [3.63, 3.8) is 0 Å². The number of ether oxygens (including phenoxy) is 2. The standard InChI is InChI=1S/C20H13F2NO4S/c21-13-5-3-6-14(22)18(13)23-17(24)10-27-20(25)16-8-11-9-26-15-7-2-1-4-12(15)19(11)28-16/h1-8H,9-10H2,(H,23,24). The number of hydrogen-bond donors (Lipinski definition) is 1. The Hall–Kier alpha value is -3.26. The molecular formula is C20H13F2NO4S. The van der Waals surface area contributed by atoms with Gasteiger partial charge in [-0.25, -0.2) is 13.6 Å². The van der Waals surface area contributed by atoms with Gasteiger partial charge in [0, 0.05) is 16.0 Å². The number of esters is 1. The Morgan fingerprint density at radius 2 is 1.86 bits per heavy atom. The number of carbonyl (C=O) groups excluding carboxylic acids is 2. The second-order valence-electron chi connectivity index (χ2n) is 5.97. The van der Waals surface area contributed by atoms with E-state index in [1.165, 1.54) is 17.4 Å². The average Bonchev–Trinajstić information content (AvgIpc) is 3.14. The number of fused-ring (bicyclic) bond motifs is 3. The van der Waals surface area contributed by atoms with Crippen molar-refractivity contribution in [3.05, 3.63) is 70.6 Å². The van der Waals surface area contributed by atoms with Gasteiger partial charge in [-0.15, -0.1) is 11.3 Å². The first-order chi connectivity index (χ1) is 13.5. The van der Waals surface area contributed by atoms with Gasteiger partial charge in [-0.05, 0) is 30.3 Å². The summed E-state index contributed by atoms with van der Waals surface area (Å²) in [7, 11) is 0. The number of halogens is 2. The summed E-state index contributed by atoms with van der Waals surface area (Å²) in [5.74, 6) is -2.62. The van der Waals surface area contributed by atoms with Crippen molar-refractivity contribution in [1.82, 2.24) is 0 Å². The minimum absolute atomic E-state index is 0.315. The molecule has 0 unspecified atom stereocenters. The number of hydrogen-bond acceptors (Lipinski definition) is 5. The second kappa shape index (κ2) is 7.40. The maximum Gasteiger partial charge on any atom is 0.348 e. The van der Waals surface area contributed by atoms with Crippen molar-refractivity contribution in [2.75, 3.05) is 11.9 Å². The molecule has 1 aliphatic rings. The number of carbonyl (C=O) groups is 2. The molecule has 0 aliphatic carbocycles. The van der Waals surface area contributed by atoms with E-state index in [1.807, 2.05) is 24.3 Å². The Labute approximate surface area is 162 Å². The molecule has 142 valence electrons. The molecule has 1 aliphatic heterocycles. The van der Waals surface area contributed by atoms with Gasteiger partial charge in [0.2, 0.25) is 0 Å². The van der Waals surface area contributed by atoms with E-state index in [2.05, 4.69) is 5.32 Å². The van der Waals surface area contributed by atoms with Crippen LogP contribution in [0.15, 0.2) is 48.5 Å². The lowest BCUT2D eigenvalue weighted by atomic mass is 10.1. The summed E-state index contributed by atoms with van der Waals surface area (Å²) in [5.41, 5.74) is 1.16. The molecule has 0 spiro atoms. The van der Waals surface area contributed by atoms with Crippen LogP contribution in [0, 0.1) is 11.6 Å². The number of para-hydroxylation sites is 2. The molecule has 0 fully saturated rings. The maximum absolute atomic E-state index is 13.6. The van der Waals surface area contributed by atoms with Gasteiger partial charge in [0.15, 0.2) is 6.61 Å². The second-order valence-corrected chi connectivity index (χ2v) is 7.02. The summed E-state index contributed by atoms with van der Waals surface area (Å²) < 4.78 is 37.7. The maximum atomic E-state index is 13.6. The molecule has 5 nitrogen and oxygen atoms in total. The molecule has 8 heteroatoms. The van der Waals surface area contributed by atoms with Crippen molar-refractivity contribution >= 4 is 28.9 Å². The van der Waals surface area contributed by atoms with Crippen LogP contribution in [0.1, 0.15) is 15.2 Å². The first-order valence-corrected chi connectivity index (χ1v) is 9.10. The van der Waals surface area contributed by atoms with Crippen LogP contribution >= 0.6 is 11.3 Å². The summed E-state index contributed by atoms with van der Waals surface area (Å²) in [5, 5.41) is 2.06. The molecule has 0 radical (unpaired) electrons. The van der Waals surface area contributed by atoms with Crippen LogP contribution in [0.5, 0.6) is 5.75 Å². The van der Waals surface area contributed by atoms with Gasteiger partial charge in [-0.2, -0.15) is 0 Å². The summed E-state index contributed by atoms with van der Waals surface area (Å²) in [6.07, 6.45) is 0. The molecule has 0 saturated heterocycles. The van der Waals surface area contributed by atoms with Gasteiger partial charge in [0.1, 0.15) is 34.6 Å². The molecule has 3 aromatic rings. The molecule has 0 bridgehead atoms. The normalized spacial score (nSPS) is 11.8. The van der Waals surface area contributed by atoms with E-state index in [-0.39, 0.29) is 0 Å². The highest BCUT2D eigenvalue weighted by atomic mass is 32.1. The average molecular weight is 401 g/mol. The van der Waals surface area contributed by atoms with E-state index in [0.717, 1.165) is 33.9 Å². The zero-order chi connectivity index (χ0) is 19.7. The minimum atomic E-state index is -0.913. The van der Waals surface area contributed by atoms with Crippen LogP contribution in [0.3, 0.4) is 0 Å². The van der Waals surface area contributed by atoms with Crippen LogP contribution in [-0.4, -0.2) is 18.5 Å². The molecule has 0 saturated carbocycles. The van der Waals surface area contributed by atoms with E-state index in [1.54, 1.807) is 6.07 Å². The fourth-order valence-electron chi connectivity index (χ4n) is 2.80. The number of anilines is 1. The lowest BCUT2D eigenvalue weighted by Crippen LogP contribution is -2.21. The number of rotatable bonds is 4. The van der Waals surface area contributed by atoms with Crippen LogP contribution in [0.4, 0.5) is 14.5 Å². The van der Waals surface area contributed by atoms with E-state index in [9.17, 15) is 18.4 Å². The van der Waals surface area contributed by atoms with Crippen molar-refractivity contribution in [3.8, 4) is 16.2 Å². The van der Waals surface area contributed by atoms with Gasteiger partial charge in [0.25, 0.3) is 5.91 Å². The van der Waals surface area contributed by atoms with Gasteiger partial charge in [-0.1, -0.05) is 18.2 Å². The third-order valence-electron chi connectivity index (χ3n) is 4.09. The van der Waals surface area contributed by atoms with Crippen LogP contribution < -0.4 is 10.1 Å². The Morgan fingerprint density at radius 1 is 1.11 bits per heavy atom. The Kier molecular flexibility index (Phi) is 4.79. The van der Waals surface area contributed by atoms with E-state index in [0.29, 0.717) is 11.5 Å². The van der Waals surface area contributed by atoms with Crippen LogP contribution in [0.25, 0.3) is 10.4 Å². The number of thiophene rings is 1. The summed E-state index contributed by atoms with van der Waals surface area (Å²) in [6.45, 7) is -0.328. The SMILES string of the molecule is O=C(COC(=O)c1cc2c(s1)-c1ccccc1OC2)Nc1c(F)cccc1F. The number of nitrogens with one attached hydrogen (secondary N) is 1. The van der Waals surface area contributed by atoms with E-state index < -0.39 is 35.8 Å². The largest absolute Gasteiger partial charge is 0.488 e. The first kappa shape index (κ1) is 18.1. The highest BCUT2D eigenvalue weighted by Gasteiger charge is 2.23. The van der Waals surface area contributed by atoms with Gasteiger partial charge in [-0.3, -0.25) is 4.79 Å². The third-order valence-corrected chi connectivity index (χ3v) is 5.28. The fourth-order valence-corrected chi connectivity index (χ4v) is 3.89. The molecule has 2 heterocycles. The van der Waals surface area contributed by atoms with Gasteiger partial charge < -0.3 is 14.8 Å². The zero-order valence-corrected chi connectivity index (χ0v) is 15.1. The molecule has 28 heavy (non-hydrogen) atoms. The predicted octanol–water partition coefficient (Wildman–Crippen LogP) is 4.38. The van der Waals surface area contributed by atoms with Crippen LogP contribution in [-0.2, 0) is 16.1 Å². The molecule has 1 aromatic heterocycles.